The Morgan fingerprint density at radius 3 is 2.58 bits per heavy atom. The molecule has 13 nitrogen and oxygen atoms in total. The number of esters is 1. The summed E-state index contributed by atoms with van der Waals surface area (Å²) in [5, 5.41) is 7.61. The van der Waals surface area contributed by atoms with E-state index in [1.54, 1.807) is 7.11 Å². The quantitative estimate of drug-likeness (QED) is 0.210. The number of pyridine rings is 1. The first-order valence-electron chi connectivity index (χ1n) is 21.9. The Kier molecular flexibility index (Phi) is 10.8. The Morgan fingerprint density at radius 1 is 1.15 bits per heavy atom. The molecular weight excluding hydrogens is 815 g/mol. The zero-order valence-electron chi connectivity index (χ0n) is 36.9. The molecule has 2 aliphatic carbocycles. The van der Waals surface area contributed by atoms with Crippen LogP contribution in [0.25, 0.3) is 33.4 Å². The summed E-state index contributed by atoms with van der Waals surface area (Å²) in [5.74, 6) is -6.33. The summed E-state index contributed by atoms with van der Waals surface area (Å²) >= 11 is 1.38. The average molecular weight is 873 g/mol. The first-order chi connectivity index (χ1) is 29.4. The number of hydrazine groups is 1. The predicted octanol–water partition coefficient (Wildman–Crippen LogP) is 6.10. The maximum Gasteiger partial charge on any atom is 0.325 e. The molecule has 5 aliphatic rings. The number of hydrogen-bond donors (Lipinski definition) is 2. The minimum Gasteiger partial charge on any atom is -0.464 e. The monoisotopic (exact) mass is 872 g/mol. The van der Waals surface area contributed by atoms with Gasteiger partial charge in [0.25, 0.3) is 11.8 Å². The topological polar surface area (TPSA) is 134 Å². The number of methoxy groups -OCH3 is 1. The molecule has 3 aromatic heterocycles. The highest BCUT2D eigenvalue weighted by atomic mass is 32.1. The highest BCUT2D eigenvalue weighted by molar-refractivity contribution is 7.10. The number of benzene rings is 1. The molecule has 7 atom stereocenters. The number of amides is 2. The second-order valence-electron chi connectivity index (χ2n) is 19.3. The molecule has 2 N–H and O–H groups in total. The highest BCUT2D eigenvalue weighted by Crippen LogP contribution is 2.68. The number of nitrogens with one attached hydrogen (secondary N) is 2. The van der Waals surface area contributed by atoms with Gasteiger partial charge in [0, 0.05) is 91.5 Å². The van der Waals surface area contributed by atoms with Crippen LogP contribution in [0.3, 0.4) is 0 Å². The summed E-state index contributed by atoms with van der Waals surface area (Å²) in [4.78, 5) is 56.7. The molecule has 9 rings (SSSR count). The Labute approximate surface area is 365 Å². The first kappa shape index (κ1) is 42.8. The van der Waals surface area contributed by atoms with Gasteiger partial charge < -0.3 is 29.2 Å². The molecule has 16 heteroatoms. The summed E-state index contributed by atoms with van der Waals surface area (Å²) in [7, 11) is 3.82. The van der Waals surface area contributed by atoms with Crippen LogP contribution in [0.5, 0.6) is 0 Å². The largest absolute Gasteiger partial charge is 0.464 e. The van der Waals surface area contributed by atoms with Crippen molar-refractivity contribution in [3.8, 4) is 22.5 Å². The van der Waals surface area contributed by atoms with Crippen molar-refractivity contribution >= 4 is 45.7 Å². The van der Waals surface area contributed by atoms with Gasteiger partial charge in [0.1, 0.15) is 12.1 Å². The lowest BCUT2D eigenvalue weighted by molar-refractivity contribution is -0.157. The van der Waals surface area contributed by atoms with E-state index in [1.165, 1.54) is 18.3 Å². The third-order valence-corrected chi connectivity index (χ3v) is 15.1. The van der Waals surface area contributed by atoms with Gasteiger partial charge in [-0.1, -0.05) is 33.8 Å². The maximum absolute atomic E-state index is 15.8. The molecule has 2 saturated carbocycles. The Bertz CT molecular complexity index is 2430. The number of carbonyl (C=O) groups excluding carboxylic acids is 3. The van der Waals surface area contributed by atoms with E-state index in [1.807, 2.05) is 39.3 Å². The van der Waals surface area contributed by atoms with Gasteiger partial charge in [-0.05, 0) is 63.4 Å². The van der Waals surface area contributed by atoms with Crippen molar-refractivity contribution in [3.05, 3.63) is 52.1 Å². The first-order valence-corrected chi connectivity index (χ1v) is 22.8. The minimum atomic E-state index is -3.23. The Balaban J connectivity index is 1.19. The number of ether oxygens (including phenoxy) is 2. The van der Waals surface area contributed by atoms with E-state index >= 15 is 8.78 Å². The van der Waals surface area contributed by atoms with Gasteiger partial charge in [-0.3, -0.25) is 24.4 Å². The Morgan fingerprint density at radius 2 is 1.89 bits per heavy atom. The van der Waals surface area contributed by atoms with Crippen molar-refractivity contribution in [3.63, 3.8) is 0 Å². The normalized spacial score (nSPS) is 28.8. The number of aromatic nitrogens is 3. The van der Waals surface area contributed by atoms with Crippen LogP contribution in [0.2, 0.25) is 0 Å². The van der Waals surface area contributed by atoms with E-state index in [0.717, 1.165) is 81.6 Å². The molecule has 6 heterocycles. The number of halogens is 2. The third kappa shape index (κ3) is 7.37. The fourth-order valence-electron chi connectivity index (χ4n) is 10.0. The minimum absolute atomic E-state index is 0.0509. The van der Waals surface area contributed by atoms with Crippen molar-refractivity contribution in [1.29, 1.82) is 0 Å². The average Bonchev–Trinajstić information content (AvgIpc) is 3.90. The standard InChI is InChI=1S/C46H58F2N8O5S/c1-9-55-35-11-10-27-17-30(35)32(39(55)31-18-28(21-49-37(31)26(3)60-8)54-14-12-53(7)13-15-54)20-44(4,5)24-61-43(59)38-40-45(6,46(40,47)48)23-56(52-38)42(58)33(19-36-50-34(27)22-62-36)51-41(57)29-16-25(29)2/h10-11,17-18,21-22,25-26,29,33,38,40,52H,9,12-16,19-20,23-24H2,1-8H3,(H,51,57). The van der Waals surface area contributed by atoms with Crippen LogP contribution >= 0.6 is 11.3 Å². The number of cyclic esters (lactones) is 1. The highest BCUT2D eigenvalue weighted by Gasteiger charge is 2.83. The Hall–Kier alpha value is -4.51. The number of aryl methyl sites for hydroxylation is 1. The van der Waals surface area contributed by atoms with Crippen molar-refractivity contribution in [2.75, 3.05) is 58.4 Å². The van der Waals surface area contributed by atoms with Crippen LogP contribution in [0.15, 0.2) is 35.8 Å². The second kappa shape index (κ2) is 15.6. The lowest BCUT2D eigenvalue weighted by Gasteiger charge is -2.37. The molecule has 4 aromatic rings. The number of nitrogens with zero attached hydrogens (tertiary/aromatic N) is 6. The molecule has 2 amide bonds. The number of fused-ring (bicyclic) bond motifs is 8. The molecule has 7 unspecified atom stereocenters. The van der Waals surface area contributed by atoms with Gasteiger partial charge in [-0.15, -0.1) is 11.3 Å². The number of rotatable bonds is 7. The number of anilines is 1. The van der Waals surface area contributed by atoms with E-state index in [0.29, 0.717) is 24.4 Å². The van der Waals surface area contributed by atoms with Gasteiger partial charge in [-0.25, -0.2) is 19.2 Å². The van der Waals surface area contributed by atoms with Crippen LogP contribution < -0.4 is 15.6 Å². The van der Waals surface area contributed by atoms with Crippen molar-refractivity contribution < 1.29 is 32.6 Å². The summed E-state index contributed by atoms with van der Waals surface area (Å²) in [6.07, 6.45) is 2.85. The van der Waals surface area contributed by atoms with Gasteiger partial charge in [0.2, 0.25) is 5.91 Å². The van der Waals surface area contributed by atoms with Crippen molar-refractivity contribution in [1.82, 2.24) is 35.2 Å². The molecular formula is C46H58F2N8O5S. The molecule has 0 radical (unpaired) electrons. The molecule has 2 saturated heterocycles. The van der Waals surface area contributed by atoms with Crippen molar-refractivity contribution in [2.45, 2.75) is 91.5 Å². The number of piperazine rings is 1. The SMILES string of the molecule is CCn1c(-c2cc(N3CCN(C)CC3)cnc2C(C)OC)c2c3cc(ccc31)-c1csc(n1)CC(NC(=O)C1CC1C)C(=O)N1CC3(C)C(C(N1)C(=O)OCC(C)(C)C2)C3(F)F. The molecule has 4 fully saturated rings. The zero-order valence-corrected chi connectivity index (χ0v) is 37.7. The fraction of sp³-hybridized carbons (Fsp3) is 0.587. The predicted molar refractivity (Wildman–Crippen MR) is 234 cm³/mol. The number of hydrogen-bond acceptors (Lipinski definition) is 11. The zero-order chi connectivity index (χ0) is 44.0. The smallest absolute Gasteiger partial charge is 0.325 e. The maximum atomic E-state index is 15.8. The van der Waals surface area contributed by atoms with Gasteiger partial charge in [0.15, 0.2) is 0 Å². The van der Waals surface area contributed by atoms with Gasteiger partial charge >= 0.3 is 5.97 Å². The van der Waals surface area contributed by atoms with E-state index < -0.39 is 46.6 Å². The van der Waals surface area contributed by atoms with Crippen LogP contribution in [-0.2, 0) is 43.2 Å². The van der Waals surface area contributed by atoms with Crippen LogP contribution in [0.1, 0.15) is 70.3 Å². The molecule has 62 heavy (non-hydrogen) atoms. The number of likely N-dealkylation sites (N-methyl/N-ethyl adjacent to an activating group) is 1. The summed E-state index contributed by atoms with van der Waals surface area (Å²) in [5.41, 5.74) is 7.98. The summed E-state index contributed by atoms with van der Waals surface area (Å²) in [6.45, 7) is 15.4. The van der Waals surface area contributed by atoms with E-state index in [4.69, 9.17) is 19.4 Å². The van der Waals surface area contributed by atoms with Gasteiger partial charge in [-0.2, -0.15) is 0 Å². The lowest BCUT2D eigenvalue weighted by atomic mass is 9.84. The number of carbonyl (C=O) groups is 3. The van der Waals surface area contributed by atoms with E-state index in [2.05, 4.69) is 63.3 Å². The second-order valence-corrected chi connectivity index (χ2v) is 20.2. The molecule has 3 aliphatic heterocycles. The molecule has 1 aromatic carbocycles. The molecule has 6 bridgehead atoms. The fourth-order valence-corrected chi connectivity index (χ4v) is 10.9. The lowest BCUT2D eigenvalue weighted by Crippen LogP contribution is -2.62. The third-order valence-electron chi connectivity index (χ3n) is 14.2. The molecule has 0 spiro atoms. The van der Waals surface area contributed by atoms with Crippen LogP contribution in [-0.4, -0.2) is 114 Å². The van der Waals surface area contributed by atoms with Crippen LogP contribution in [0.4, 0.5) is 14.5 Å². The van der Waals surface area contributed by atoms with Crippen molar-refractivity contribution in [2.24, 2.45) is 28.6 Å². The van der Waals surface area contributed by atoms with Gasteiger partial charge in [0.05, 0.1) is 58.0 Å². The van der Waals surface area contributed by atoms with E-state index in [9.17, 15) is 14.4 Å². The van der Waals surface area contributed by atoms with Crippen LogP contribution in [0, 0.1) is 28.6 Å². The molecule has 332 valence electrons. The number of thiazole rings is 1. The summed E-state index contributed by atoms with van der Waals surface area (Å²) in [6, 6.07) is 6.01. The summed E-state index contributed by atoms with van der Waals surface area (Å²) < 4.78 is 45.8. The number of alkyl halides is 2. The van der Waals surface area contributed by atoms with E-state index in [-0.39, 0.29) is 43.4 Å².